The summed E-state index contributed by atoms with van der Waals surface area (Å²) < 4.78 is 81.7. The van der Waals surface area contributed by atoms with Gasteiger partial charge in [-0.1, -0.05) is 36.4 Å². The van der Waals surface area contributed by atoms with Crippen LogP contribution in [0.3, 0.4) is 0 Å². The molecule has 1 aliphatic rings. The van der Waals surface area contributed by atoms with Crippen molar-refractivity contribution in [3.8, 4) is 17.1 Å². The summed E-state index contributed by atoms with van der Waals surface area (Å²) in [5.74, 6) is 0.277. The molecule has 0 unspecified atom stereocenters. The fourth-order valence-electron chi connectivity index (χ4n) is 5.07. The van der Waals surface area contributed by atoms with Crippen LogP contribution in [-0.4, -0.2) is 75.2 Å². The van der Waals surface area contributed by atoms with Gasteiger partial charge in [0.2, 0.25) is 16.0 Å². The molecule has 5 aromatic rings. The van der Waals surface area contributed by atoms with Gasteiger partial charge in [0.05, 0.1) is 22.4 Å². The Morgan fingerprint density at radius 3 is 2.38 bits per heavy atom. The monoisotopic (exact) mass is 656 g/mol. The van der Waals surface area contributed by atoms with Gasteiger partial charge >= 0.3 is 0 Å². The highest BCUT2D eigenvalue weighted by molar-refractivity contribution is 7.89. The van der Waals surface area contributed by atoms with E-state index >= 15 is 0 Å². The second-order valence-corrected chi connectivity index (χ2v) is 14.2. The number of rotatable bonds is 8. The Bertz CT molecular complexity index is 2170. The van der Waals surface area contributed by atoms with Gasteiger partial charge in [0.15, 0.2) is 11.5 Å². The number of hydrogen-bond acceptors (Lipinski definition) is 10. The number of alkyl halides is 2. The van der Waals surface area contributed by atoms with Crippen molar-refractivity contribution in [2.24, 2.45) is 0 Å². The summed E-state index contributed by atoms with van der Waals surface area (Å²) in [7, 11) is -7.63. The first-order valence-electron chi connectivity index (χ1n) is 13.7. The third kappa shape index (κ3) is 6.05. The Morgan fingerprint density at radius 2 is 1.69 bits per heavy atom. The molecule has 0 spiro atoms. The number of nitrogens with one attached hydrogen (secondary N) is 1. The van der Waals surface area contributed by atoms with Crippen LogP contribution in [0, 0.1) is 0 Å². The molecular formula is C28H26F2N8O5S2. The van der Waals surface area contributed by atoms with Crippen LogP contribution in [-0.2, 0) is 20.0 Å². The highest BCUT2D eigenvalue weighted by Gasteiger charge is 2.26. The molecule has 45 heavy (non-hydrogen) atoms. The lowest BCUT2D eigenvalue weighted by Gasteiger charge is -2.30. The maximum absolute atomic E-state index is 14.0. The van der Waals surface area contributed by atoms with Crippen molar-refractivity contribution in [1.82, 2.24) is 33.0 Å². The van der Waals surface area contributed by atoms with E-state index in [-0.39, 0.29) is 39.4 Å². The molecule has 1 aliphatic heterocycles. The quantitative estimate of drug-likeness (QED) is 0.263. The summed E-state index contributed by atoms with van der Waals surface area (Å²) in [6.07, 6.45) is 1.31. The third-order valence-corrected chi connectivity index (χ3v) is 10.2. The molecule has 0 aliphatic carbocycles. The molecule has 0 saturated carbocycles. The lowest BCUT2D eigenvalue weighted by molar-refractivity contribution is 0.149. The summed E-state index contributed by atoms with van der Waals surface area (Å²) in [5.41, 5.74) is -1.34. The summed E-state index contributed by atoms with van der Waals surface area (Å²) in [5, 5.41) is 7.36. The summed E-state index contributed by atoms with van der Waals surface area (Å²) in [6, 6.07) is 14.8. The van der Waals surface area contributed by atoms with Crippen LogP contribution in [0.15, 0.2) is 82.9 Å². The normalized spacial score (nSPS) is 15.1. The van der Waals surface area contributed by atoms with Crippen LogP contribution in [0.4, 0.5) is 14.7 Å². The van der Waals surface area contributed by atoms with Crippen LogP contribution in [0.5, 0.6) is 0 Å². The van der Waals surface area contributed by atoms with Gasteiger partial charge in [-0.25, -0.2) is 31.5 Å². The van der Waals surface area contributed by atoms with Crippen molar-refractivity contribution in [3.63, 3.8) is 0 Å². The van der Waals surface area contributed by atoms with E-state index in [0.29, 0.717) is 35.6 Å². The second-order valence-electron chi connectivity index (χ2n) is 10.4. The number of anilines is 1. The van der Waals surface area contributed by atoms with E-state index in [2.05, 4.69) is 25.4 Å². The Morgan fingerprint density at radius 1 is 0.956 bits per heavy atom. The number of sulfonamides is 1. The van der Waals surface area contributed by atoms with Crippen molar-refractivity contribution >= 4 is 37.0 Å². The van der Waals surface area contributed by atoms with Crippen LogP contribution in [0.2, 0.25) is 0 Å². The summed E-state index contributed by atoms with van der Waals surface area (Å²) >= 11 is 0. The van der Waals surface area contributed by atoms with Gasteiger partial charge in [0.25, 0.3) is 22.0 Å². The van der Waals surface area contributed by atoms with Crippen molar-refractivity contribution in [3.05, 3.63) is 89.1 Å². The van der Waals surface area contributed by atoms with Gasteiger partial charge < -0.3 is 5.32 Å². The predicted molar refractivity (Wildman–Crippen MR) is 161 cm³/mol. The van der Waals surface area contributed by atoms with Gasteiger partial charge in [-0.3, -0.25) is 9.36 Å². The smallest absolute Gasteiger partial charge is 0.284 e. The van der Waals surface area contributed by atoms with Crippen LogP contribution < -0.4 is 10.9 Å². The molecule has 2 aromatic carbocycles. The average Bonchev–Trinajstić information content (AvgIpc) is 3.53. The molecule has 6 rings (SSSR count). The first kappa shape index (κ1) is 30.4. The Kier molecular flexibility index (Phi) is 7.92. The minimum Gasteiger partial charge on any atom is -0.351 e. The fraction of sp³-hybridized carbons (Fsp3) is 0.250. The molecule has 4 heterocycles. The molecule has 3 aromatic heterocycles. The molecule has 17 heteroatoms. The SMILES string of the molecule is CS(=O)(=O)N1CCC(Nc2ncc3cc(C(F)F)c(=O)n(-c4cccc(S(=O)(=O)n5cnc(-c6ccccc6)n5)c4)c3n2)CC1. The van der Waals surface area contributed by atoms with Gasteiger partial charge in [-0.15, -0.1) is 9.19 Å². The molecule has 13 nitrogen and oxygen atoms in total. The van der Waals surface area contributed by atoms with E-state index in [4.69, 9.17) is 0 Å². The minimum atomic E-state index is -4.30. The first-order chi connectivity index (χ1) is 21.4. The number of benzene rings is 2. The zero-order valence-electron chi connectivity index (χ0n) is 23.7. The largest absolute Gasteiger partial charge is 0.351 e. The maximum Gasteiger partial charge on any atom is 0.284 e. The molecular weight excluding hydrogens is 630 g/mol. The van der Waals surface area contributed by atoms with E-state index < -0.39 is 37.6 Å². The van der Waals surface area contributed by atoms with Crippen LogP contribution in [0.1, 0.15) is 24.8 Å². The number of pyridine rings is 1. The average molecular weight is 657 g/mol. The summed E-state index contributed by atoms with van der Waals surface area (Å²) in [4.78, 5) is 25.9. The van der Waals surface area contributed by atoms with Crippen LogP contribution >= 0.6 is 0 Å². The van der Waals surface area contributed by atoms with Gasteiger partial charge in [0, 0.05) is 36.3 Å². The highest BCUT2D eigenvalue weighted by Crippen LogP contribution is 2.25. The number of fused-ring (bicyclic) bond motifs is 1. The van der Waals surface area contributed by atoms with Crippen LogP contribution in [0.25, 0.3) is 28.1 Å². The first-order valence-corrected chi connectivity index (χ1v) is 17.0. The maximum atomic E-state index is 14.0. The number of piperidine rings is 1. The van der Waals surface area contributed by atoms with Gasteiger partial charge in [0.1, 0.15) is 6.33 Å². The molecule has 0 bridgehead atoms. The Labute approximate surface area is 256 Å². The summed E-state index contributed by atoms with van der Waals surface area (Å²) in [6.45, 7) is 0.596. The lowest BCUT2D eigenvalue weighted by Crippen LogP contribution is -2.42. The van der Waals surface area contributed by atoms with E-state index in [0.717, 1.165) is 23.2 Å². The number of aromatic nitrogens is 6. The molecule has 1 N–H and O–H groups in total. The fourth-order valence-corrected chi connectivity index (χ4v) is 7.04. The molecule has 0 atom stereocenters. The zero-order chi connectivity index (χ0) is 31.9. The Hall–Kier alpha value is -4.61. The van der Waals surface area contributed by atoms with E-state index in [1.165, 1.54) is 34.8 Å². The van der Waals surface area contributed by atoms with E-state index in [1.807, 2.05) is 0 Å². The number of halogens is 2. The molecule has 234 valence electrons. The van der Waals surface area contributed by atoms with E-state index in [1.54, 1.807) is 30.3 Å². The third-order valence-electron chi connectivity index (χ3n) is 7.38. The molecule has 1 saturated heterocycles. The minimum absolute atomic E-state index is 0.0249. The van der Waals surface area contributed by atoms with E-state index in [9.17, 15) is 30.4 Å². The van der Waals surface area contributed by atoms with Crippen molar-refractivity contribution in [1.29, 1.82) is 0 Å². The standard InChI is InChI=1S/C28H26F2N8O5S2/c1-44(40,41)36-12-10-20(11-13-36)33-28-31-16-19-14-23(24(29)30)27(39)38(26(19)34-28)21-8-5-9-22(15-21)45(42,43)37-17-32-25(35-37)18-6-3-2-4-7-18/h2-9,14-17,20,24H,10-13H2,1H3,(H,31,33,34). The second kappa shape index (κ2) is 11.7. The van der Waals surface area contributed by atoms with Gasteiger partial charge in [-0.2, -0.15) is 13.4 Å². The van der Waals surface area contributed by atoms with Crippen molar-refractivity contribution in [2.75, 3.05) is 24.7 Å². The Balaban J connectivity index is 1.38. The zero-order valence-corrected chi connectivity index (χ0v) is 25.3. The number of nitrogens with zero attached hydrogens (tertiary/aromatic N) is 7. The van der Waals surface area contributed by atoms with Crippen molar-refractivity contribution in [2.45, 2.75) is 30.2 Å². The molecule has 1 fully saturated rings. The lowest BCUT2D eigenvalue weighted by atomic mass is 10.1. The molecule has 0 radical (unpaired) electrons. The topological polar surface area (TPSA) is 162 Å². The van der Waals surface area contributed by atoms with Crippen molar-refractivity contribution < 1.29 is 25.6 Å². The molecule has 0 amide bonds. The highest BCUT2D eigenvalue weighted by atomic mass is 32.2. The van der Waals surface area contributed by atoms with Gasteiger partial charge in [-0.05, 0) is 37.1 Å². The number of hydrogen-bond donors (Lipinski definition) is 1. The predicted octanol–water partition coefficient (Wildman–Crippen LogP) is 3.05.